The number of aryl methyl sites for hydroxylation is 1. The van der Waals surface area contributed by atoms with Gasteiger partial charge in [0.1, 0.15) is 11.4 Å². The van der Waals surface area contributed by atoms with Crippen LogP contribution in [0.25, 0.3) is 5.69 Å². The lowest BCUT2D eigenvalue weighted by Crippen LogP contribution is -2.09. The molecule has 24 heavy (non-hydrogen) atoms. The third-order valence-corrected chi connectivity index (χ3v) is 3.41. The summed E-state index contributed by atoms with van der Waals surface area (Å²) in [6.45, 7) is 2.27. The van der Waals surface area contributed by atoms with Crippen LogP contribution in [-0.2, 0) is 11.2 Å². The van der Waals surface area contributed by atoms with Crippen LogP contribution in [0, 0.1) is 6.92 Å². The molecular formula is C16H17N5O3. The summed E-state index contributed by atoms with van der Waals surface area (Å²) in [5.41, 5.74) is 1.96. The van der Waals surface area contributed by atoms with Gasteiger partial charge in [-0.2, -0.15) is 10.2 Å². The molecule has 3 rings (SSSR count). The van der Waals surface area contributed by atoms with Gasteiger partial charge < -0.3 is 14.5 Å². The Kier molecular flexibility index (Phi) is 4.55. The molecule has 8 heteroatoms. The first-order chi connectivity index (χ1) is 11.7. The van der Waals surface area contributed by atoms with E-state index in [1.165, 1.54) is 7.11 Å². The van der Waals surface area contributed by atoms with Gasteiger partial charge in [0.2, 0.25) is 0 Å². The van der Waals surface area contributed by atoms with Crippen molar-refractivity contribution in [2.24, 2.45) is 0 Å². The number of anilines is 1. The zero-order valence-electron chi connectivity index (χ0n) is 13.4. The molecule has 8 nitrogen and oxygen atoms in total. The van der Waals surface area contributed by atoms with Crippen molar-refractivity contribution in [2.75, 3.05) is 19.0 Å². The Morgan fingerprint density at radius 1 is 1.29 bits per heavy atom. The van der Waals surface area contributed by atoms with Crippen molar-refractivity contribution >= 4 is 11.7 Å². The van der Waals surface area contributed by atoms with Gasteiger partial charge in [0, 0.05) is 13.0 Å². The lowest BCUT2D eigenvalue weighted by molar-refractivity contribution is 0.0593. The first-order valence-electron chi connectivity index (χ1n) is 7.43. The normalized spacial score (nSPS) is 10.6. The topological polar surface area (TPSA) is 95.1 Å². The van der Waals surface area contributed by atoms with Gasteiger partial charge >= 0.3 is 5.97 Å². The molecule has 0 saturated heterocycles. The molecule has 3 aromatic rings. The number of benzene rings is 1. The molecule has 0 spiro atoms. The summed E-state index contributed by atoms with van der Waals surface area (Å²) in [4.78, 5) is 17.3. The number of hydrogen-bond donors (Lipinski definition) is 1. The number of rotatable bonds is 6. The number of nitrogens with zero attached hydrogens (tertiary/aromatic N) is 4. The second-order valence-electron chi connectivity index (χ2n) is 5.02. The molecule has 0 saturated carbocycles. The number of aromatic nitrogens is 4. The van der Waals surface area contributed by atoms with Crippen LogP contribution in [0.4, 0.5) is 5.69 Å². The number of ether oxygens (including phenoxy) is 1. The Morgan fingerprint density at radius 3 is 2.79 bits per heavy atom. The molecule has 2 heterocycles. The fraction of sp³-hybridized carbons (Fsp3) is 0.250. The molecule has 0 unspecified atom stereocenters. The maximum absolute atomic E-state index is 11.5. The molecule has 0 amide bonds. The number of methoxy groups -OCH3 is 1. The van der Waals surface area contributed by atoms with Gasteiger partial charge in [0.25, 0.3) is 0 Å². The van der Waals surface area contributed by atoms with Crippen molar-refractivity contribution in [2.45, 2.75) is 13.3 Å². The minimum atomic E-state index is -0.495. The second kappa shape index (κ2) is 6.95. The Bertz CT molecular complexity index is 826. The van der Waals surface area contributed by atoms with Crippen LogP contribution >= 0.6 is 0 Å². The van der Waals surface area contributed by atoms with Gasteiger partial charge in [0.05, 0.1) is 25.2 Å². The molecule has 0 bridgehead atoms. The summed E-state index contributed by atoms with van der Waals surface area (Å²) in [6, 6.07) is 7.72. The smallest absolute Gasteiger partial charge is 0.360 e. The van der Waals surface area contributed by atoms with Crippen LogP contribution in [0.3, 0.4) is 0 Å². The molecule has 1 N–H and O–H groups in total. The van der Waals surface area contributed by atoms with Crippen LogP contribution in [0.1, 0.15) is 22.1 Å². The largest absolute Gasteiger partial charge is 0.464 e. The van der Waals surface area contributed by atoms with Gasteiger partial charge in [-0.15, -0.1) is 4.80 Å². The van der Waals surface area contributed by atoms with E-state index in [9.17, 15) is 4.79 Å². The third-order valence-electron chi connectivity index (χ3n) is 3.41. The lowest BCUT2D eigenvalue weighted by Gasteiger charge is -2.10. The van der Waals surface area contributed by atoms with E-state index in [4.69, 9.17) is 4.42 Å². The van der Waals surface area contributed by atoms with Crippen molar-refractivity contribution < 1.29 is 13.9 Å². The predicted molar refractivity (Wildman–Crippen MR) is 86.1 cm³/mol. The maximum atomic E-state index is 11.5. The molecule has 0 atom stereocenters. The summed E-state index contributed by atoms with van der Waals surface area (Å²) in [7, 11) is 1.32. The molecular weight excluding hydrogens is 310 g/mol. The quantitative estimate of drug-likeness (QED) is 0.692. The molecule has 0 aliphatic carbocycles. The minimum Gasteiger partial charge on any atom is -0.464 e. The van der Waals surface area contributed by atoms with Crippen molar-refractivity contribution in [1.82, 2.24) is 20.0 Å². The Balaban J connectivity index is 1.67. The minimum absolute atomic E-state index is 0.216. The van der Waals surface area contributed by atoms with Gasteiger partial charge in [-0.25, -0.2) is 9.78 Å². The average molecular weight is 327 g/mol. The highest BCUT2D eigenvalue weighted by Crippen LogP contribution is 2.18. The standard InChI is InChI=1S/C16H17N5O3/c1-11-15(16(22)23-2)20-14(24-11)7-8-17-12-5-3-4-6-13(12)21-18-9-10-19-21/h3-6,9-10,17H,7-8H2,1-2H3. The first-order valence-corrected chi connectivity index (χ1v) is 7.43. The Labute approximate surface area is 138 Å². The number of carbonyl (C=O) groups excluding carboxylic acids is 1. The van der Waals surface area contributed by atoms with Crippen molar-refractivity contribution in [3.63, 3.8) is 0 Å². The average Bonchev–Trinajstić information content (AvgIpc) is 3.24. The SMILES string of the molecule is COC(=O)c1nc(CCNc2ccccc2-n2nccn2)oc1C. The van der Waals surface area contributed by atoms with Gasteiger partial charge in [-0.05, 0) is 19.1 Å². The molecule has 2 aromatic heterocycles. The molecule has 124 valence electrons. The number of esters is 1. The van der Waals surface area contributed by atoms with Gasteiger partial charge in [0.15, 0.2) is 11.6 Å². The third kappa shape index (κ3) is 3.27. The molecule has 1 aromatic carbocycles. The highest BCUT2D eigenvalue weighted by molar-refractivity contribution is 5.88. The van der Waals surface area contributed by atoms with E-state index >= 15 is 0 Å². The molecule has 0 aliphatic heterocycles. The maximum Gasteiger partial charge on any atom is 0.360 e. The lowest BCUT2D eigenvalue weighted by atomic mass is 10.2. The van der Waals surface area contributed by atoms with E-state index in [1.807, 2.05) is 24.3 Å². The van der Waals surface area contributed by atoms with Gasteiger partial charge in [-0.3, -0.25) is 0 Å². The number of oxazole rings is 1. The predicted octanol–water partition coefficient (Wildman–Crippen LogP) is 2.00. The summed E-state index contributed by atoms with van der Waals surface area (Å²) < 4.78 is 10.2. The van der Waals surface area contributed by atoms with E-state index in [1.54, 1.807) is 24.1 Å². The summed E-state index contributed by atoms with van der Waals surface area (Å²) in [6.07, 6.45) is 3.78. The summed E-state index contributed by atoms with van der Waals surface area (Å²) >= 11 is 0. The number of nitrogens with one attached hydrogen (secondary N) is 1. The van der Waals surface area contributed by atoms with E-state index < -0.39 is 5.97 Å². The van der Waals surface area contributed by atoms with Crippen molar-refractivity contribution in [3.05, 3.63) is 54.0 Å². The van der Waals surface area contributed by atoms with E-state index in [2.05, 4.69) is 25.2 Å². The molecule has 0 fully saturated rings. The Hall–Kier alpha value is -3.16. The van der Waals surface area contributed by atoms with E-state index in [-0.39, 0.29) is 5.69 Å². The number of hydrogen-bond acceptors (Lipinski definition) is 7. The van der Waals surface area contributed by atoms with Crippen LogP contribution in [0.15, 0.2) is 41.1 Å². The molecule has 0 aliphatic rings. The van der Waals surface area contributed by atoms with Crippen molar-refractivity contribution in [3.8, 4) is 5.69 Å². The van der Waals surface area contributed by atoms with Crippen molar-refractivity contribution in [1.29, 1.82) is 0 Å². The fourth-order valence-electron chi connectivity index (χ4n) is 2.29. The first kappa shape index (κ1) is 15.7. The summed E-state index contributed by atoms with van der Waals surface area (Å²) in [5.74, 6) is 0.443. The van der Waals surface area contributed by atoms with Crippen LogP contribution in [0.5, 0.6) is 0 Å². The fourth-order valence-corrected chi connectivity index (χ4v) is 2.29. The Morgan fingerprint density at radius 2 is 2.04 bits per heavy atom. The van der Waals surface area contributed by atoms with Gasteiger partial charge in [-0.1, -0.05) is 12.1 Å². The van der Waals surface area contributed by atoms with Crippen LogP contribution in [-0.4, -0.2) is 39.6 Å². The number of carbonyl (C=O) groups is 1. The summed E-state index contributed by atoms with van der Waals surface area (Å²) in [5, 5.41) is 11.6. The van der Waals surface area contributed by atoms with E-state index in [0.717, 1.165) is 11.4 Å². The second-order valence-corrected chi connectivity index (χ2v) is 5.02. The number of para-hydroxylation sites is 2. The highest BCUT2D eigenvalue weighted by Gasteiger charge is 2.17. The van der Waals surface area contributed by atoms with Crippen LogP contribution in [0.2, 0.25) is 0 Å². The zero-order valence-corrected chi connectivity index (χ0v) is 13.4. The molecule has 0 radical (unpaired) electrons. The monoisotopic (exact) mass is 327 g/mol. The van der Waals surface area contributed by atoms with Crippen LogP contribution < -0.4 is 5.32 Å². The highest BCUT2D eigenvalue weighted by atomic mass is 16.5. The van der Waals surface area contributed by atoms with E-state index in [0.29, 0.717) is 24.6 Å². The zero-order chi connectivity index (χ0) is 16.9.